The quantitative estimate of drug-likeness (QED) is 0.571. The van der Waals surface area contributed by atoms with Gasteiger partial charge in [0.1, 0.15) is 0 Å². The molecule has 1 saturated heterocycles. The molecule has 1 aliphatic heterocycles. The zero-order valence-corrected chi connectivity index (χ0v) is 17.4. The Morgan fingerprint density at radius 2 is 1.71 bits per heavy atom. The van der Waals surface area contributed by atoms with Gasteiger partial charge >= 0.3 is 0 Å². The van der Waals surface area contributed by atoms with Crippen molar-refractivity contribution in [3.63, 3.8) is 0 Å². The first-order valence-corrected chi connectivity index (χ1v) is 10.1. The number of likely N-dealkylation sites (tertiary alicyclic amines) is 1. The minimum atomic E-state index is 0.333. The van der Waals surface area contributed by atoms with E-state index in [0.29, 0.717) is 16.2 Å². The second-order valence-electron chi connectivity index (χ2n) is 10.9. The van der Waals surface area contributed by atoms with Crippen LogP contribution in [0.15, 0.2) is 23.8 Å². The van der Waals surface area contributed by atoms with Crippen molar-refractivity contribution in [2.75, 3.05) is 19.6 Å². The van der Waals surface area contributed by atoms with E-state index in [-0.39, 0.29) is 0 Å². The Kier molecular flexibility index (Phi) is 6.06. The third kappa shape index (κ3) is 6.06. The Morgan fingerprint density at radius 3 is 2.17 bits per heavy atom. The molecule has 0 saturated carbocycles. The maximum atomic E-state index is 2.71. The molecule has 1 heteroatoms. The van der Waals surface area contributed by atoms with Crippen molar-refractivity contribution in [2.45, 2.75) is 80.6 Å². The fraction of sp³-hybridized carbons (Fsp3) is 0.826. The smallest absolute Gasteiger partial charge is 0.00731 e. The molecule has 0 aromatic rings. The van der Waals surface area contributed by atoms with E-state index in [1.807, 2.05) is 0 Å². The van der Waals surface area contributed by atoms with Crippen LogP contribution in [0.3, 0.4) is 0 Å². The number of rotatable bonds is 4. The van der Waals surface area contributed by atoms with Crippen molar-refractivity contribution in [3.8, 4) is 0 Å². The lowest BCUT2D eigenvalue weighted by molar-refractivity contribution is 0.0912. The number of hydrogen-bond acceptors (Lipinski definition) is 1. The second-order valence-corrected chi connectivity index (χ2v) is 10.9. The summed E-state index contributed by atoms with van der Waals surface area (Å²) in [6, 6.07) is 0. The average molecular weight is 332 g/mol. The van der Waals surface area contributed by atoms with Crippen LogP contribution in [-0.2, 0) is 0 Å². The number of allylic oxidation sites excluding steroid dienone is 3. The third-order valence-corrected chi connectivity index (χ3v) is 6.09. The van der Waals surface area contributed by atoms with E-state index in [2.05, 4.69) is 71.6 Å². The summed E-state index contributed by atoms with van der Waals surface area (Å²) in [4.78, 5) is 2.71. The number of hydrogen-bond donors (Lipinski definition) is 0. The largest absolute Gasteiger partial charge is 0.302 e. The molecule has 1 nitrogen and oxygen atoms in total. The second kappa shape index (κ2) is 7.36. The van der Waals surface area contributed by atoms with E-state index in [4.69, 9.17) is 0 Å². The first-order chi connectivity index (χ1) is 11.0. The molecule has 0 bridgehead atoms. The molecule has 1 heterocycles. The highest BCUT2D eigenvalue weighted by Gasteiger charge is 2.32. The Morgan fingerprint density at radius 1 is 1.08 bits per heavy atom. The molecule has 0 radical (unpaired) electrons. The van der Waals surface area contributed by atoms with Crippen molar-refractivity contribution in [3.05, 3.63) is 23.8 Å². The van der Waals surface area contributed by atoms with Crippen molar-refractivity contribution in [2.24, 2.45) is 22.2 Å². The van der Waals surface area contributed by atoms with E-state index in [9.17, 15) is 0 Å². The van der Waals surface area contributed by atoms with Gasteiger partial charge < -0.3 is 4.90 Å². The molecule has 0 amide bonds. The van der Waals surface area contributed by atoms with Gasteiger partial charge in [0.05, 0.1) is 0 Å². The van der Waals surface area contributed by atoms with Crippen molar-refractivity contribution in [1.29, 1.82) is 0 Å². The zero-order chi connectivity index (χ0) is 18.0. The highest BCUT2D eigenvalue weighted by Crippen LogP contribution is 2.37. The van der Waals surface area contributed by atoms with E-state index in [1.54, 1.807) is 5.57 Å². The summed E-state index contributed by atoms with van der Waals surface area (Å²) in [5.41, 5.74) is 2.80. The predicted molar refractivity (Wildman–Crippen MR) is 107 cm³/mol. The summed E-state index contributed by atoms with van der Waals surface area (Å²) in [5, 5.41) is 0. The van der Waals surface area contributed by atoms with Gasteiger partial charge in [0, 0.05) is 12.0 Å². The fourth-order valence-electron chi connectivity index (χ4n) is 4.10. The van der Waals surface area contributed by atoms with Gasteiger partial charge in [0.15, 0.2) is 0 Å². The zero-order valence-electron chi connectivity index (χ0n) is 17.4. The van der Waals surface area contributed by atoms with Gasteiger partial charge in [-0.1, -0.05) is 72.3 Å². The molecule has 24 heavy (non-hydrogen) atoms. The van der Waals surface area contributed by atoms with Crippen LogP contribution >= 0.6 is 0 Å². The average Bonchev–Trinajstić information content (AvgIpc) is 2.45. The molecule has 2 aliphatic rings. The molecule has 1 aliphatic carbocycles. The van der Waals surface area contributed by atoms with Crippen LogP contribution in [-0.4, -0.2) is 24.5 Å². The Labute approximate surface area is 151 Å². The number of nitrogens with zero attached hydrogens (tertiary/aromatic N) is 1. The predicted octanol–water partition coefficient (Wildman–Crippen LogP) is 6.46. The topological polar surface area (TPSA) is 3.24 Å². The van der Waals surface area contributed by atoms with Crippen LogP contribution in [0, 0.1) is 22.2 Å². The van der Waals surface area contributed by atoms with E-state index in [0.717, 1.165) is 5.92 Å². The molecule has 0 N–H and O–H groups in total. The van der Waals surface area contributed by atoms with E-state index >= 15 is 0 Å². The SMILES string of the molecule is CC(C)(C)CCC1=CCC(C)(CN2CCC(C(C)(C)C)CC2)C=C1. The summed E-state index contributed by atoms with van der Waals surface area (Å²) >= 11 is 0. The fourth-order valence-corrected chi connectivity index (χ4v) is 4.10. The van der Waals surface area contributed by atoms with E-state index < -0.39 is 0 Å². The Bertz CT molecular complexity index is 463. The van der Waals surface area contributed by atoms with Gasteiger partial charge in [-0.15, -0.1) is 0 Å². The molecular formula is C23H41N. The normalized spacial score (nSPS) is 27.4. The van der Waals surface area contributed by atoms with Crippen LogP contribution < -0.4 is 0 Å². The van der Waals surface area contributed by atoms with Gasteiger partial charge in [0.25, 0.3) is 0 Å². The van der Waals surface area contributed by atoms with Crippen LogP contribution in [0.5, 0.6) is 0 Å². The van der Waals surface area contributed by atoms with Gasteiger partial charge in [-0.3, -0.25) is 0 Å². The van der Waals surface area contributed by atoms with Gasteiger partial charge in [-0.25, -0.2) is 0 Å². The minimum absolute atomic E-state index is 0.333. The minimum Gasteiger partial charge on any atom is -0.302 e. The Balaban J connectivity index is 1.80. The van der Waals surface area contributed by atoms with Gasteiger partial charge in [-0.2, -0.15) is 0 Å². The number of piperidine rings is 1. The van der Waals surface area contributed by atoms with E-state index in [1.165, 1.54) is 51.7 Å². The summed E-state index contributed by atoms with van der Waals surface area (Å²) in [7, 11) is 0. The monoisotopic (exact) mass is 331 g/mol. The van der Waals surface area contributed by atoms with Crippen molar-refractivity contribution in [1.82, 2.24) is 4.90 Å². The molecule has 0 aromatic carbocycles. The summed E-state index contributed by atoms with van der Waals surface area (Å²) in [6.07, 6.45) is 13.9. The van der Waals surface area contributed by atoms with Crippen LogP contribution in [0.25, 0.3) is 0 Å². The highest BCUT2D eigenvalue weighted by molar-refractivity contribution is 5.26. The lowest BCUT2D eigenvalue weighted by Gasteiger charge is -2.42. The molecule has 1 atom stereocenters. The Hall–Kier alpha value is -0.560. The molecule has 2 rings (SSSR count). The lowest BCUT2D eigenvalue weighted by Crippen LogP contribution is -2.42. The van der Waals surface area contributed by atoms with Gasteiger partial charge in [0.2, 0.25) is 0 Å². The van der Waals surface area contributed by atoms with Gasteiger partial charge in [-0.05, 0) is 61.9 Å². The van der Waals surface area contributed by atoms with Crippen LogP contribution in [0.2, 0.25) is 0 Å². The maximum absolute atomic E-state index is 2.71. The lowest BCUT2D eigenvalue weighted by atomic mass is 9.74. The molecule has 0 aromatic heterocycles. The highest BCUT2D eigenvalue weighted by atomic mass is 15.1. The van der Waals surface area contributed by atoms with Crippen molar-refractivity contribution < 1.29 is 0 Å². The standard InChI is InChI=1S/C23H41N/c1-21(2,3)13-8-19-9-14-23(7,15-10-19)18-24-16-11-20(12-17-24)22(4,5)6/h9-10,14,20H,8,11-13,15-18H2,1-7H3. The third-order valence-electron chi connectivity index (χ3n) is 6.09. The summed E-state index contributed by atoms with van der Waals surface area (Å²) in [6.45, 7) is 20.5. The van der Waals surface area contributed by atoms with Crippen LogP contribution in [0.4, 0.5) is 0 Å². The maximum Gasteiger partial charge on any atom is 0.00731 e. The summed E-state index contributed by atoms with van der Waals surface area (Å²) < 4.78 is 0. The first kappa shape index (κ1) is 19.8. The summed E-state index contributed by atoms with van der Waals surface area (Å²) in [5.74, 6) is 0.896. The molecule has 138 valence electrons. The molecule has 1 unspecified atom stereocenters. The molecule has 0 spiro atoms. The van der Waals surface area contributed by atoms with Crippen LogP contribution in [0.1, 0.15) is 80.6 Å². The van der Waals surface area contributed by atoms with Crippen molar-refractivity contribution >= 4 is 0 Å². The molecular weight excluding hydrogens is 290 g/mol. The first-order valence-electron chi connectivity index (χ1n) is 10.1. The molecule has 1 fully saturated rings.